The number of halogens is 2. The Morgan fingerprint density at radius 1 is 0.490 bits per heavy atom. The number of carbonyl (C=O) groups excluding carboxylic acids is 4. The lowest BCUT2D eigenvalue weighted by Gasteiger charge is -2.36. The maximum absolute atomic E-state index is 13.3. The van der Waals surface area contributed by atoms with Gasteiger partial charge in [0.05, 0.1) is 17.2 Å². The SMILES string of the molecule is C=C.C=CC(C)(C)C.C=CCC(C)(C)C.Cc1ccc(C)c(-c2c3cc(C)c(=O)c(Cl)c-3oc3c(Cl)c(O)c(C)cc23)c1.Cc1ccc2c(c1)Oc1cc(O)ccc1C21OC(=O)c2cc(C(=O)NCCCCCC(=O)NCC(C)(C)C)ccc21.Cc1ccc2c(c1)Oc1cc(O)ccc1C21OC(=O)c2cc(NC(=S)NCC(C)(C)C)ccc21.Cc1ccccc1-c1c2ccc(=[N+](C)C)cc-2oc2cc(N(C)C)ccc12. The monoisotopic (exact) mass is 2010 g/mol. The summed E-state index contributed by atoms with van der Waals surface area (Å²) in [5.41, 5.74) is 19.2. The zero-order valence-electron chi connectivity index (χ0n) is 87.6. The van der Waals surface area contributed by atoms with Gasteiger partial charge in [0, 0.05) is 148 Å². The van der Waals surface area contributed by atoms with Crippen LogP contribution in [0, 0.1) is 70.1 Å². The molecule has 2 unspecified atom stereocenters. The van der Waals surface area contributed by atoms with Crippen molar-refractivity contribution in [3.05, 3.63) is 353 Å². The van der Waals surface area contributed by atoms with E-state index in [2.05, 4.69) is 254 Å². The maximum atomic E-state index is 13.3. The number of phenolic OH excluding ortho intramolecular Hbond substituents is 3. The predicted molar refractivity (Wildman–Crippen MR) is 594 cm³/mol. The first kappa shape index (κ1) is 110. The molecule has 0 fully saturated rings. The average molecular weight is 2010 g/mol. The number of phenols is 3. The van der Waals surface area contributed by atoms with Crippen LogP contribution < -0.4 is 51.0 Å². The second-order valence-electron chi connectivity index (χ2n) is 42.3. The lowest BCUT2D eigenvalue weighted by atomic mass is 9.77. The van der Waals surface area contributed by atoms with Crippen molar-refractivity contribution in [3.63, 3.8) is 0 Å². The summed E-state index contributed by atoms with van der Waals surface area (Å²) in [6.45, 7) is 54.4. The van der Waals surface area contributed by atoms with Gasteiger partial charge < -0.3 is 69.3 Å². The Morgan fingerprint density at radius 3 is 1.56 bits per heavy atom. The average Bonchev–Trinajstić information content (AvgIpc) is 1.52. The van der Waals surface area contributed by atoms with Gasteiger partial charge in [0.2, 0.25) is 16.7 Å². The molecular formula is C122H135Cl2N6O14S+. The van der Waals surface area contributed by atoms with E-state index < -0.39 is 23.1 Å². The lowest BCUT2D eigenvalue weighted by Crippen LogP contribution is -2.35. The van der Waals surface area contributed by atoms with Crippen molar-refractivity contribution in [3.8, 4) is 85.1 Å². The third-order valence-corrected chi connectivity index (χ3v) is 26.0. The molecule has 6 heterocycles. The largest absolute Gasteiger partial charge is 0.508 e. The minimum atomic E-state index is -1.26. The first-order valence-corrected chi connectivity index (χ1v) is 49.7. The van der Waals surface area contributed by atoms with E-state index in [1.54, 1.807) is 68.4 Å². The molecule has 2 aliphatic carbocycles. The van der Waals surface area contributed by atoms with Crippen LogP contribution >= 0.6 is 35.4 Å². The molecular weight excluding hydrogens is 1880 g/mol. The summed E-state index contributed by atoms with van der Waals surface area (Å²) in [5.74, 6) is 2.03. The van der Waals surface area contributed by atoms with Crippen LogP contribution in [-0.4, -0.2) is 92.0 Å². The molecule has 20 nitrogen and oxygen atoms in total. The fourth-order valence-electron chi connectivity index (χ4n) is 17.3. The standard InChI is InChI=1S/C33H36N2O6.C27H26N2O4S.C24H25N2O.C23H18Cl2O3.C7H14.C6H12.C2H4/c1-20-9-12-25-27(16-20)40-28-18-22(36)11-14-26(28)33(25)24-13-10-21(17-23(24)31(39)41-33)30(38)34-15-7-5-6-8-29(37)35-19-32(2,3)4;1-15-5-8-20-22(11-15)32-23-13-17(30)7-10-21(23)27(20)19-9-6-16(12-18(19)24(31)33-27)29-25(34)28-14-26(2,3)4;1-16-8-6-7-9-19(16)24-20-12-10-17(25(2)3)14-22(20)27-23-15-18(26(4)5)11-13-21(23)24;1-10-5-6-11(2)14(7-10)17-15-8-12(3)20(26)18(24)22(15)28-23-16(17)9-13(4)21(27)19(23)25;1-5-6-7(2,3)4;1-5-6(2,3)4;1-2/h9-14,16-18,36H,5-8,15,19H2,1-4H3,(H,34,38)(H,35,37);5-13,30H,14H2,1-4H3,(H2,28,29,34);6-15H,1-5H3;5-9,26H,1-4H3;5H,1,6H2,2-4H3;5H,1H2,2-4H3;1-2H2/q;;+1;;;;. The van der Waals surface area contributed by atoms with E-state index in [0.29, 0.717) is 120 Å². The van der Waals surface area contributed by atoms with Crippen molar-refractivity contribution < 1.29 is 62.3 Å². The molecule has 756 valence electrons. The Balaban J connectivity index is 0.000000166. The van der Waals surface area contributed by atoms with Gasteiger partial charge in [-0.15, -0.1) is 26.3 Å². The number of aromatic hydroxyl groups is 3. The molecule has 2 spiro atoms. The van der Waals surface area contributed by atoms with Crippen LogP contribution in [0.3, 0.4) is 0 Å². The van der Waals surface area contributed by atoms with Gasteiger partial charge in [-0.1, -0.05) is 209 Å². The normalized spacial score (nSPS) is 14.2. The van der Waals surface area contributed by atoms with Gasteiger partial charge in [0.1, 0.15) is 75.7 Å². The molecule has 0 bridgehead atoms. The first-order chi connectivity index (χ1) is 68.3. The van der Waals surface area contributed by atoms with Crippen LogP contribution in [0.5, 0.6) is 40.2 Å². The highest BCUT2D eigenvalue weighted by Crippen LogP contribution is 2.60. The molecule has 2 amide bonds. The number of fused-ring (bicyclic) bond motifs is 16. The van der Waals surface area contributed by atoms with Gasteiger partial charge in [0.25, 0.3) is 5.91 Å². The number of unbranched alkanes of at least 4 members (excludes halogenated alkanes) is 2. The number of carbonyl (C=O) groups is 4. The number of rotatable bonds is 14. The molecule has 6 aliphatic heterocycles. The minimum absolute atomic E-state index is 0.0135. The number of anilines is 2. The fourth-order valence-corrected chi connectivity index (χ4v) is 18.1. The van der Waals surface area contributed by atoms with Crippen molar-refractivity contribution in [2.75, 3.05) is 58.0 Å². The van der Waals surface area contributed by atoms with Crippen LogP contribution in [0.4, 0.5) is 11.4 Å². The zero-order chi connectivity index (χ0) is 106. The molecule has 7 N–H and O–H groups in total. The van der Waals surface area contributed by atoms with E-state index in [1.165, 1.54) is 28.8 Å². The Morgan fingerprint density at radius 2 is 1.01 bits per heavy atom. The topological polar surface area (TPSA) is 264 Å². The number of amides is 2. The van der Waals surface area contributed by atoms with Crippen molar-refractivity contribution in [1.29, 1.82) is 0 Å². The van der Waals surface area contributed by atoms with Crippen molar-refractivity contribution in [2.45, 2.75) is 175 Å². The molecule has 2 atom stereocenters. The van der Waals surface area contributed by atoms with E-state index in [-0.39, 0.29) is 61.1 Å². The Hall–Kier alpha value is -14.3. The smallest absolute Gasteiger partial charge is 0.340 e. The summed E-state index contributed by atoms with van der Waals surface area (Å²) < 4.78 is 39.0. The quantitative estimate of drug-likeness (QED) is 0.0133. The van der Waals surface area contributed by atoms with E-state index in [1.807, 2.05) is 94.4 Å². The molecule has 0 aromatic heterocycles. The first-order valence-electron chi connectivity index (χ1n) is 48.6. The molecule has 0 saturated carbocycles. The zero-order valence-corrected chi connectivity index (χ0v) is 89.9. The Labute approximate surface area is 867 Å². The summed E-state index contributed by atoms with van der Waals surface area (Å²) in [5, 5.41) is 46.4. The number of esters is 2. The summed E-state index contributed by atoms with van der Waals surface area (Å²) in [6, 6.07) is 63.0. The van der Waals surface area contributed by atoms with Crippen molar-refractivity contribution >= 4 is 97.6 Å². The van der Waals surface area contributed by atoms with Gasteiger partial charge in [-0.25, -0.2) is 14.2 Å². The number of aryl methyl sites for hydroxylation is 7. The van der Waals surface area contributed by atoms with Crippen molar-refractivity contribution in [1.82, 2.24) is 20.5 Å². The number of nitrogens with zero attached hydrogens (tertiary/aromatic N) is 2. The van der Waals surface area contributed by atoms with Crippen LogP contribution in [0.1, 0.15) is 219 Å². The molecule has 0 saturated heterocycles. The van der Waals surface area contributed by atoms with E-state index in [9.17, 15) is 39.3 Å². The maximum Gasteiger partial charge on any atom is 0.340 e. The molecule has 0 radical (unpaired) electrons. The second-order valence-corrected chi connectivity index (χ2v) is 43.5. The molecule has 10 aromatic rings. The summed E-state index contributed by atoms with van der Waals surface area (Å²) in [4.78, 5) is 65.9. The number of allylic oxidation sites excluding steroid dienone is 2. The molecule has 18 rings (SSSR count). The Kier molecular flexibility index (Phi) is 34.0. The molecule has 8 aliphatic rings. The van der Waals surface area contributed by atoms with Crippen molar-refractivity contribution in [2.24, 2.45) is 21.7 Å². The van der Waals surface area contributed by atoms with E-state index in [4.69, 9.17) is 63.2 Å². The number of ether oxygens (including phenoxy) is 4. The minimum Gasteiger partial charge on any atom is -0.508 e. The second kappa shape index (κ2) is 44.9. The predicted octanol–water partition coefficient (Wildman–Crippen LogP) is 28.4. The van der Waals surface area contributed by atoms with Gasteiger partial charge in [-0.3, -0.25) is 14.4 Å². The third-order valence-electron chi connectivity index (χ3n) is 25.0. The molecule has 10 aromatic carbocycles. The number of hydrogen-bond acceptors (Lipinski definition) is 16. The van der Waals surface area contributed by atoms with Gasteiger partial charge in [0.15, 0.2) is 27.7 Å². The molecule has 23 heteroatoms. The highest BCUT2D eigenvalue weighted by atomic mass is 35.5. The summed E-state index contributed by atoms with van der Waals surface area (Å²) >= 11 is 18.2. The van der Waals surface area contributed by atoms with E-state index >= 15 is 0 Å². The molecule has 145 heavy (non-hydrogen) atoms. The highest BCUT2D eigenvalue weighted by molar-refractivity contribution is 7.80. The lowest BCUT2D eigenvalue weighted by molar-refractivity contribution is -0.121. The van der Waals surface area contributed by atoms with Crippen LogP contribution in [0.15, 0.2) is 252 Å². The van der Waals surface area contributed by atoms with Crippen LogP contribution in [-0.2, 0) is 25.5 Å². The fraction of sp³-hybridized carbons (Fsp3) is 0.303. The summed E-state index contributed by atoms with van der Waals surface area (Å²) in [6.07, 6.45) is 7.78. The number of thiocarbonyl (C=S) groups is 1. The van der Waals surface area contributed by atoms with Gasteiger partial charge >= 0.3 is 11.9 Å². The number of benzene rings is 12. The summed E-state index contributed by atoms with van der Waals surface area (Å²) in [7, 11) is 8.20. The van der Waals surface area contributed by atoms with Crippen LogP contribution in [0.2, 0.25) is 10.0 Å². The van der Waals surface area contributed by atoms with Gasteiger partial charge in [-0.05, 0) is 237 Å². The van der Waals surface area contributed by atoms with E-state index in [0.717, 1.165) is 121 Å². The van der Waals surface area contributed by atoms with Gasteiger partial charge in [-0.2, -0.15) is 0 Å². The Bertz CT molecular complexity index is 7300. The van der Waals surface area contributed by atoms with Crippen LogP contribution in [0.25, 0.3) is 66.8 Å². The highest BCUT2D eigenvalue weighted by Gasteiger charge is 2.56. The number of nitrogens with one attached hydrogen (secondary N) is 4. The number of hydrogen-bond donors (Lipinski definition) is 7. The third kappa shape index (κ3) is 24.9.